The van der Waals surface area contributed by atoms with E-state index in [2.05, 4.69) is 5.32 Å². The number of amides is 1. The Labute approximate surface area is 110 Å². The first kappa shape index (κ1) is 13.1. The molecule has 0 spiro atoms. The molecule has 0 saturated heterocycles. The molecular weight excluding hydrogens is 246 g/mol. The van der Waals surface area contributed by atoms with Gasteiger partial charge in [0, 0.05) is 34.0 Å². The lowest BCUT2D eigenvalue weighted by Crippen LogP contribution is -2.35. The number of hydrogen-bond acceptors (Lipinski definition) is 3. The van der Waals surface area contributed by atoms with Gasteiger partial charge >= 0.3 is 0 Å². The van der Waals surface area contributed by atoms with Crippen LogP contribution in [0.2, 0.25) is 0 Å². The van der Waals surface area contributed by atoms with Crippen molar-refractivity contribution in [3.63, 3.8) is 0 Å². The number of benzene rings is 1. The van der Waals surface area contributed by atoms with Crippen LogP contribution in [-0.4, -0.2) is 24.2 Å². The Morgan fingerprint density at radius 3 is 2.83 bits per heavy atom. The highest BCUT2D eigenvalue weighted by Gasteiger charge is 2.19. The normalized spacial score (nSPS) is 11.7. The molecule has 0 unspecified atom stereocenters. The molecule has 0 fully saturated rings. The molecule has 0 bridgehead atoms. The molecule has 0 saturated carbocycles. The van der Waals surface area contributed by atoms with E-state index in [4.69, 9.17) is 5.11 Å². The number of nitrogens with one attached hydrogen (secondary N) is 1. The third-order valence-electron chi connectivity index (χ3n) is 2.88. The van der Waals surface area contributed by atoms with E-state index in [0.717, 1.165) is 10.1 Å². The second-order valence-corrected chi connectivity index (χ2v) is 6.06. The van der Waals surface area contributed by atoms with Gasteiger partial charge in [-0.25, -0.2) is 0 Å². The quantitative estimate of drug-likeness (QED) is 0.891. The van der Waals surface area contributed by atoms with Crippen LogP contribution in [-0.2, 0) is 0 Å². The van der Waals surface area contributed by atoms with Crippen molar-refractivity contribution in [3.05, 3.63) is 35.2 Å². The second-order valence-electron chi connectivity index (χ2n) is 5.15. The standard InChI is InChI=1S/C14H17NO2S/c1-14(2,9-16)8-15-13(17)11-7-18-12-6-4-3-5-10(11)12/h3-7,16H,8-9H2,1-2H3,(H,15,17). The molecule has 2 N–H and O–H groups in total. The Balaban J connectivity index is 2.14. The fourth-order valence-electron chi connectivity index (χ4n) is 1.62. The Kier molecular flexibility index (Phi) is 3.68. The van der Waals surface area contributed by atoms with Crippen molar-refractivity contribution in [3.8, 4) is 0 Å². The minimum Gasteiger partial charge on any atom is -0.396 e. The summed E-state index contributed by atoms with van der Waals surface area (Å²) in [6, 6.07) is 7.87. The average Bonchev–Trinajstić information content (AvgIpc) is 2.80. The summed E-state index contributed by atoms with van der Waals surface area (Å²) in [4.78, 5) is 12.1. The molecule has 2 rings (SSSR count). The Morgan fingerprint density at radius 2 is 2.11 bits per heavy atom. The van der Waals surface area contributed by atoms with Crippen molar-refractivity contribution in [2.45, 2.75) is 13.8 Å². The van der Waals surface area contributed by atoms with Gasteiger partial charge in [-0.1, -0.05) is 32.0 Å². The number of aliphatic hydroxyl groups is 1. The predicted octanol–water partition coefficient (Wildman–Crippen LogP) is 2.65. The van der Waals surface area contributed by atoms with Crippen molar-refractivity contribution in [1.29, 1.82) is 0 Å². The molecule has 1 amide bonds. The first-order chi connectivity index (χ1) is 8.53. The van der Waals surface area contributed by atoms with Crippen LogP contribution in [0.4, 0.5) is 0 Å². The summed E-state index contributed by atoms with van der Waals surface area (Å²) in [5, 5.41) is 14.9. The summed E-state index contributed by atoms with van der Waals surface area (Å²) >= 11 is 1.57. The molecule has 0 radical (unpaired) electrons. The zero-order valence-electron chi connectivity index (χ0n) is 10.6. The van der Waals surface area contributed by atoms with Crippen molar-refractivity contribution in [1.82, 2.24) is 5.32 Å². The van der Waals surface area contributed by atoms with Crippen LogP contribution in [0.1, 0.15) is 24.2 Å². The first-order valence-electron chi connectivity index (χ1n) is 5.89. The largest absolute Gasteiger partial charge is 0.396 e. The van der Waals surface area contributed by atoms with Gasteiger partial charge in [0.1, 0.15) is 0 Å². The van der Waals surface area contributed by atoms with Crippen molar-refractivity contribution in [2.24, 2.45) is 5.41 Å². The van der Waals surface area contributed by atoms with Gasteiger partial charge in [-0.2, -0.15) is 0 Å². The highest BCUT2D eigenvalue weighted by atomic mass is 32.1. The number of rotatable bonds is 4. The first-order valence-corrected chi connectivity index (χ1v) is 6.77. The molecule has 3 nitrogen and oxygen atoms in total. The van der Waals surface area contributed by atoms with Crippen LogP contribution in [0.15, 0.2) is 29.6 Å². The van der Waals surface area contributed by atoms with Gasteiger partial charge in [0.05, 0.1) is 5.56 Å². The fourth-order valence-corrected chi connectivity index (χ4v) is 2.57. The topological polar surface area (TPSA) is 49.3 Å². The summed E-state index contributed by atoms with van der Waals surface area (Å²) in [6.07, 6.45) is 0. The molecule has 4 heteroatoms. The Bertz CT molecular complexity index is 560. The van der Waals surface area contributed by atoms with Crippen LogP contribution in [0.3, 0.4) is 0 Å². The summed E-state index contributed by atoms with van der Waals surface area (Å²) in [6.45, 7) is 4.35. The van der Waals surface area contributed by atoms with E-state index in [9.17, 15) is 4.79 Å². The number of carbonyl (C=O) groups excluding carboxylic acids is 1. The van der Waals surface area contributed by atoms with E-state index in [1.807, 2.05) is 43.5 Å². The van der Waals surface area contributed by atoms with Crippen molar-refractivity contribution >= 4 is 27.3 Å². The highest BCUT2D eigenvalue weighted by molar-refractivity contribution is 7.17. The summed E-state index contributed by atoms with van der Waals surface area (Å²) in [7, 11) is 0. The Morgan fingerprint density at radius 1 is 1.39 bits per heavy atom. The third-order valence-corrected chi connectivity index (χ3v) is 3.84. The van der Waals surface area contributed by atoms with Gasteiger partial charge in [0.15, 0.2) is 0 Å². The van der Waals surface area contributed by atoms with Crippen molar-refractivity contribution < 1.29 is 9.90 Å². The Hall–Kier alpha value is -1.39. The predicted molar refractivity (Wildman–Crippen MR) is 75.0 cm³/mol. The highest BCUT2D eigenvalue weighted by Crippen LogP contribution is 2.25. The lowest BCUT2D eigenvalue weighted by atomic mass is 9.95. The van der Waals surface area contributed by atoms with E-state index >= 15 is 0 Å². The van der Waals surface area contributed by atoms with Gasteiger partial charge in [-0.3, -0.25) is 4.79 Å². The van der Waals surface area contributed by atoms with Gasteiger partial charge in [-0.05, 0) is 6.07 Å². The van der Waals surface area contributed by atoms with Gasteiger partial charge in [0.2, 0.25) is 0 Å². The lowest BCUT2D eigenvalue weighted by Gasteiger charge is -2.21. The molecular formula is C14H17NO2S. The zero-order valence-corrected chi connectivity index (χ0v) is 11.4. The average molecular weight is 263 g/mol. The van der Waals surface area contributed by atoms with Gasteiger partial charge < -0.3 is 10.4 Å². The molecule has 1 aromatic carbocycles. The second kappa shape index (κ2) is 5.08. The molecule has 0 aliphatic rings. The summed E-state index contributed by atoms with van der Waals surface area (Å²) in [5.74, 6) is -0.0750. The molecule has 0 aliphatic heterocycles. The number of fused-ring (bicyclic) bond motifs is 1. The van der Waals surface area contributed by atoms with Crippen LogP contribution in [0.25, 0.3) is 10.1 Å². The molecule has 0 atom stereocenters. The third kappa shape index (κ3) is 2.71. The monoisotopic (exact) mass is 263 g/mol. The summed E-state index contributed by atoms with van der Waals surface area (Å²) < 4.78 is 1.11. The van der Waals surface area contributed by atoms with E-state index in [1.54, 1.807) is 11.3 Å². The molecule has 18 heavy (non-hydrogen) atoms. The number of hydrogen-bond donors (Lipinski definition) is 2. The smallest absolute Gasteiger partial charge is 0.252 e. The van der Waals surface area contributed by atoms with E-state index < -0.39 is 0 Å². The van der Waals surface area contributed by atoms with E-state index in [1.165, 1.54) is 0 Å². The number of thiophene rings is 1. The van der Waals surface area contributed by atoms with Gasteiger partial charge in [-0.15, -0.1) is 11.3 Å². The number of carbonyl (C=O) groups is 1. The molecule has 0 aliphatic carbocycles. The number of aliphatic hydroxyl groups excluding tert-OH is 1. The molecule has 1 heterocycles. The minimum atomic E-state index is -0.290. The molecule has 1 aromatic heterocycles. The maximum Gasteiger partial charge on any atom is 0.252 e. The lowest BCUT2D eigenvalue weighted by molar-refractivity contribution is 0.0913. The van der Waals surface area contributed by atoms with Crippen LogP contribution in [0.5, 0.6) is 0 Å². The van der Waals surface area contributed by atoms with E-state index in [0.29, 0.717) is 12.1 Å². The van der Waals surface area contributed by atoms with Crippen LogP contribution < -0.4 is 5.32 Å². The fraction of sp³-hybridized carbons (Fsp3) is 0.357. The minimum absolute atomic E-state index is 0.0532. The van der Waals surface area contributed by atoms with E-state index in [-0.39, 0.29) is 17.9 Å². The maximum absolute atomic E-state index is 12.1. The molecule has 2 aromatic rings. The molecule has 96 valence electrons. The van der Waals surface area contributed by atoms with Crippen LogP contribution in [0, 0.1) is 5.41 Å². The van der Waals surface area contributed by atoms with Crippen LogP contribution >= 0.6 is 11.3 Å². The SMILES string of the molecule is CC(C)(CO)CNC(=O)c1csc2ccccc12. The zero-order chi connectivity index (χ0) is 13.2. The van der Waals surface area contributed by atoms with Gasteiger partial charge in [0.25, 0.3) is 5.91 Å². The maximum atomic E-state index is 12.1. The van der Waals surface area contributed by atoms with Crippen molar-refractivity contribution in [2.75, 3.05) is 13.2 Å². The summed E-state index contributed by atoms with van der Waals surface area (Å²) in [5.41, 5.74) is 0.422.